The van der Waals surface area contributed by atoms with Crippen LogP contribution >= 0.6 is 0 Å². The fourth-order valence-corrected chi connectivity index (χ4v) is 10.7. The van der Waals surface area contributed by atoms with Crippen LogP contribution in [-0.4, -0.2) is 24.6 Å². The molecule has 0 spiro atoms. The maximum Gasteiger partial charge on any atom is 0.312 e. The summed E-state index contributed by atoms with van der Waals surface area (Å²) >= 11 is 0. The average molecular weight is 494 g/mol. The van der Waals surface area contributed by atoms with Gasteiger partial charge in [-0.2, -0.15) is 5.26 Å². The highest BCUT2D eigenvalue weighted by molar-refractivity contribution is 6.04. The third kappa shape index (κ3) is 2.91. The van der Waals surface area contributed by atoms with E-state index in [4.69, 9.17) is 4.74 Å². The summed E-state index contributed by atoms with van der Waals surface area (Å²) in [6.45, 7) is 13.2. The van der Waals surface area contributed by atoms with Crippen LogP contribution in [0.3, 0.4) is 0 Å². The molecule has 0 saturated heterocycles. The van der Waals surface area contributed by atoms with E-state index in [-0.39, 0.29) is 57.6 Å². The highest BCUT2D eigenvalue weighted by Crippen LogP contribution is 2.75. The van der Waals surface area contributed by atoms with Crippen molar-refractivity contribution in [3.63, 3.8) is 0 Å². The number of ether oxygens (including phenoxy) is 1. The molecule has 4 saturated carbocycles. The first-order chi connectivity index (χ1) is 16.7. The first-order valence-electron chi connectivity index (χ1n) is 14.0. The number of carbonyl (C=O) groups excluding carboxylic acids is 3. The van der Waals surface area contributed by atoms with Crippen LogP contribution in [0.1, 0.15) is 92.9 Å². The van der Waals surface area contributed by atoms with E-state index < -0.39 is 16.2 Å². The van der Waals surface area contributed by atoms with Crippen molar-refractivity contribution >= 4 is 17.5 Å². The Kier molecular flexibility index (Phi) is 5.55. The van der Waals surface area contributed by atoms with Gasteiger partial charge in [-0.1, -0.05) is 47.6 Å². The number of methoxy groups -OCH3 is 1. The lowest BCUT2D eigenvalue weighted by Gasteiger charge is -2.71. The van der Waals surface area contributed by atoms with Gasteiger partial charge in [-0.3, -0.25) is 14.4 Å². The molecule has 0 aromatic carbocycles. The number of rotatable bonds is 1. The predicted octanol–water partition coefficient (Wildman–Crippen LogP) is 6.07. The van der Waals surface area contributed by atoms with Gasteiger partial charge >= 0.3 is 5.97 Å². The van der Waals surface area contributed by atoms with E-state index in [0.717, 1.165) is 44.9 Å². The third-order valence-corrected chi connectivity index (χ3v) is 12.8. The van der Waals surface area contributed by atoms with Crippen LogP contribution in [0.2, 0.25) is 0 Å². The van der Waals surface area contributed by atoms with Gasteiger partial charge in [0.1, 0.15) is 11.9 Å². The molecule has 0 N–H and O–H groups in total. The molecule has 5 heteroatoms. The number of nitrogens with zero attached hydrogens (tertiary/aromatic N) is 1. The maximum absolute atomic E-state index is 14.3. The molecule has 4 fully saturated rings. The van der Waals surface area contributed by atoms with Crippen molar-refractivity contribution in [3.8, 4) is 6.07 Å². The third-order valence-electron chi connectivity index (χ3n) is 12.8. The number of Topliss-reactive ketones (excluding diaryl/α,β-unsaturated/α-hetero) is 2. The maximum atomic E-state index is 14.3. The summed E-state index contributed by atoms with van der Waals surface area (Å²) in [7, 11) is 1.49. The topological polar surface area (TPSA) is 84.2 Å². The Morgan fingerprint density at radius 2 is 1.69 bits per heavy atom. The molecule has 0 heterocycles. The van der Waals surface area contributed by atoms with E-state index >= 15 is 0 Å². The minimum Gasteiger partial charge on any atom is -0.469 e. The Labute approximate surface area is 216 Å². The van der Waals surface area contributed by atoms with Gasteiger partial charge in [-0.25, -0.2) is 0 Å². The quantitative estimate of drug-likeness (QED) is 0.414. The first kappa shape index (κ1) is 25.7. The molecule has 0 aromatic rings. The number of allylic oxidation sites excluding steroid dienone is 2. The van der Waals surface area contributed by atoms with Gasteiger partial charge in [-0.05, 0) is 84.9 Å². The molecule has 2 unspecified atom stereocenters. The summed E-state index contributed by atoms with van der Waals surface area (Å²) in [4.78, 5) is 40.8. The predicted molar refractivity (Wildman–Crippen MR) is 136 cm³/mol. The van der Waals surface area contributed by atoms with Crippen LogP contribution in [0, 0.1) is 68.0 Å². The van der Waals surface area contributed by atoms with Crippen LogP contribution in [0.4, 0.5) is 0 Å². The summed E-state index contributed by atoms with van der Waals surface area (Å²) in [5.41, 5.74) is -1.65. The van der Waals surface area contributed by atoms with Crippen molar-refractivity contribution in [1.29, 1.82) is 5.26 Å². The molecule has 0 radical (unpaired) electrons. The van der Waals surface area contributed by atoms with Crippen LogP contribution < -0.4 is 0 Å². The molecule has 5 aliphatic carbocycles. The van der Waals surface area contributed by atoms with Crippen LogP contribution in [0.5, 0.6) is 0 Å². The second kappa shape index (κ2) is 7.78. The normalized spacial score (nSPS) is 49.4. The summed E-state index contributed by atoms with van der Waals surface area (Å²) in [6, 6.07) is 2.19. The smallest absolute Gasteiger partial charge is 0.312 e. The van der Waals surface area contributed by atoms with Crippen molar-refractivity contribution in [1.82, 2.24) is 0 Å². The Hall–Kier alpha value is -1.96. The van der Waals surface area contributed by atoms with E-state index in [2.05, 4.69) is 33.8 Å². The van der Waals surface area contributed by atoms with Crippen molar-refractivity contribution in [2.24, 2.45) is 56.7 Å². The van der Waals surface area contributed by atoms with E-state index in [1.807, 2.05) is 19.9 Å². The number of carbonyl (C=O) groups is 3. The standard InChI is InChI=1S/C31H43NO4/c1-18-8-11-31(26(35)36-7)13-12-30(6)24(20(31)14-18)21(33)15-23-28(4)16-19(17-32)25(34)27(2,3)22(28)9-10-29(23,30)5/h16,18,20,22-24H,8-15H2,1-7H3/t18-,20?,22-,23+,24?,28-,29+,30+,31-/m0/s1. The van der Waals surface area contributed by atoms with Crippen molar-refractivity contribution in [2.75, 3.05) is 7.11 Å². The number of hydrogen-bond donors (Lipinski definition) is 0. The Morgan fingerprint density at radius 1 is 1.00 bits per heavy atom. The second-order valence-electron chi connectivity index (χ2n) is 14.3. The SMILES string of the molecule is COC(=O)[C@]12CC[C@H](C)CC1C1C(=O)C[C@@H]3[C@@]4(C)C=C(C#N)C(=O)C(C)(C)[C@@H]4CC[C@@]3(C)[C@]1(C)CC2. The molecule has 5 aliphatic rings. The number of nitriles is 1. The highest BCUT2D eigenvalue weighted by Gasteiger charge is 2.72. The van der Waals surface area contributed by atoms with Crippen molar-refractivity contribution in [3.05, 3.63) is 11.6 Å². The molecule has 196 valence electrons. The fraction of sp³-hybridized carbons (Fsp3) is 0.806. The second-order valence-corrected chi connectivity index (χ2v) is 14.3. The number of esters is 1. The van der Waals surface area contributed by atoms with Crippen molar-refractivity contribution in [2.45, 2.75) is 92.9 Å². The number of hydrogen-bond acceptors (Lipinski definition) is 5. The molecule has 5 nitrogen and oxygen atoms in total. The zero-order valence-electron chi connectivity index (χ0n) is 23.2. The van der Waals surface area contributed by atoms with E-state index in [9.17, 15) is 19.6 Å². The molecule has 0 aliphatic heterocycles. The Balaban J connectivity index is 1.64. The van der Waals surface area contributed by atoms with Gasteiger partial charge in [0, 0.05) is 17.8 Å². The largest absolute Gasteiger partial charge is 0.469 e. The van der Waals surface area contributed by atoms with Gasteiger partial charge in [0.15, 0.2) is 5.78 Å². The van der Waals surface area contributed by atoms with Gasteiger partial charge < -0.3 is 4.74 Å². The van der Waals surface area contributed by atoms with Crippen LogP contribution in [-0.2, 0) is 19.1 Å². The summed E-state index contributed by atoms with van der Waals surface area (Å²) in [5, 5.41) is 9.86. The van der Waals surface area contributed by atoms with E-state index in [0.29, 0.717) is 12.3 Å². The van der Waals surface area contributed by atoms with E-state index in [1.165, 1.54) is 7.11 Å². The minimum atomic E-state index is -0.623. The van der Waals surface area contributed by atoms with Gasteiger partial charge in [0.2, 0.25) is 0 Å². The Morgan fingerprint density at radius 3 is 2.33 bits per heavy atom. The molecule has 9 atom stereocenters. The van der Waals surface area contributed by atoms with Gasteiger partial charge in [-0.15, -0.1) is 0 Å². The van der Waals surface area contributed by atoms with E-state index in [1.54, 1.807) is 0 Å². The number of fused-ring (bicyclic) bond motifs is 7. The summed E-state index contributed by atoms with van der Waals surface area (Å²) in [5.74, 6) is 0.659. The molecule has 5 rings (SSSR count). The molecular weight excluding hydrogens is 450 g/mol. The lowest BCUT2D eigenvalue weighted by atomic mass is 9.32. The highest BCUT2D eigenvalue weighted by atomic mass is 16.5. The lowest BCUT2D eigenvalue weighted by molar-refractivity contribution is -0.223. The summed E-state index contributed by atoms with van der Waals surface area (Å²) < 4.78 is 5.39. The monoisotopic (exact) mass is 493 g/mol. The first-order valence-corrected chi connectivity index (χ1v) is 14.0. The zero-order valence-corrected chi connectivity index (χ0v) is 23.2. The minimum absolute atomic E-state index is 0.0258. The van der Waals surface area contributed by atoms with Crippen molar-refractivity contribution < 1.29 is 19.1 Å². The molecule has 0 amide bonds. The molecule has 36 heavy (non-hydrogen) atoms. The zero-order chi connectivity index (χ0) is 26.5. The van der Waals surface area contributed by atoms with Gasteiger partial charge in [0.05, 0.1) is 18.1 Å². The average Bonchev–Trinajstić information content (AvgIpc) is 2.82. The molecule has 0 aromatic heterocycles. The summed E-state index contributed by atoms with van der Waals surface area (Å²) in [6.07, 6.45) is 8.65. The molecular formula is C31H43NO4. The Bertz CT molecular complexity index is 1100. The fourth-order valence-electron chi connectivity index (χ4n) is 10.7. The lowest BCUT2D eigenvalue weighted by Crippen LogP contribution is -2.69. The van der Waals surface area contributed by atoms with Gasteiger partial charge in [0.25, 0.3) is 0 Å². The molecule has 0 bridgehead atoms. The van der Waals surface area contributed by atoms with Crippen LogP contribution in [0.25, 0.3) is 0 Å². The number of ketones is 2. The van der Waals surface area contributed by atoms with Crippen LogP contribution in [0.15, 0.2) is 11.6 Å².